The Balaban J connectivity index is 2.05. The van der Waals surface area contributed by atoms with Crippen molar-refractivity contribution in [2.24, 2.45) is 0 Å². The zero-order valence-electron chi connectivity index (χ0n) is 9.84. The van der Waals surface area contributed by atoms with Gasteiger partial charge in [0.1, 0.15) is 6.04 Å². The topological polar surface area (TPSA) is 65.5 Å². The van der Waals surface area contributed by atoms with Crippen molar-refractivity contribution in [3.05, 3.63) is 30.1 Å². The Hall–Kier alpha value is -1.46. The summed E-state index contributed by atoms with van der Waals surface area (Å²) in [5.74, 6) is -0.789. The smallest absolute Gasteiger partial charge is 0.322 e. The molecule has 0 aliphatic carbocycles. The van der Waals surface area contributed by atoms with Crippen LogP contribution in [0.2, 0.25) is 0 Å². The van der Waals surface area contributed by atoms with Crippen LogP contribution in [0.15, 0.2) is 24.4 Å². The van der Waals surface area contributed by atoms with Gasteiger partial charge in [-0.1, -0.05) is 6.07 Å². The fraction of sp³-hybridized carbons (Fsp3) is 0.500. The van der Waals surface area contributed by atoms with Crippen molar-refractivity contribution in [1.29, 1.82) is 0 Å². The summed E-state index contributed by atoms with van der Waals surface area (Å²) in [5.41, 5.74) is 0.985. The van der Waals surface area contributed by atoms with Crippen molar-refractivity contribution in [1.82, 2.24) is 15.2 Å². The van der Waals surface area contributed by atoms with Crippen LogP contribution in [-0.2, 0) is 4.79 Å². The van der Waals surface area contributed by atoms with Gasteiger partial charge in [0, 0.05) is 31.9 Å². The number of carboxylic acid groups (broad SMARTS) is 1. The van der Waals surface area contributed by atoms with E-state index in [9.17, 15) is 4.79 Å². The van der Waals surface area contributed by atoms with E-state index in [1.165, 1.54) is 0 Å². The Morgan fingerprint density at radius 3 is 3.12 bits per heavy atom. The van der Waals surface area contributed by atoms with Crippen LogP contribution in [0.5, 0.6) is 0 Å². The van der Waals surface area contributed by atoms with Gasteiger partial charge in [0.25, 0.3) is 0 Å². The van der Waals surface area contributed by atoms with Gasteiger partial charge in [-0.15, -0.1) is 0 Å². The molecule has 5 nitrogen and oxygen atoms in total. The van der Waals surface area contributed by atoms with E-state index in [1.807, 2.05) is 18.2 Å². The summed E-state index contributed by atoms with van der Waals surface area (Å²) >= 11 is 0. The number of hydrogen-bond acceptors (Lipinski definition) is 4. The van der Waals surface area contributed by atoms with Gasteiger partial charge in [-0.3, -0.25) is 14.7 Å². The molecule has 1 saturated heterocycles. The van der Waals surface area contributed by atoms with Gasteiger partial charge < -0.3 is 10.4 Å². The minimum atomic E-state index is -0.789. The first-order valence-corrected chi connectivity index (χ1v) is 5.79. The van der Waals surface area contributed by atoms with Crippen LogP contribution < -0.4 is 5.32 Å². The second-order valence-corrected chi connectivity index (χ2v) is 4.27. The van der Waals surface area contributed by atoms with Crippen LogP contribution in [0.1, 0.15) is 18.7 Å². The van der Waals surface area contributed by atoms with E-state index >= 15 is 0 Å². The summed E-state index contributed by atoms with van der Waals surface area (Å²) < 4.78 is 0. The van der Waals surface area contributed by atoms with Gasteiger partial charge in [-0.05, 0) is 19.1 Å². The van der Waals surface area contributed by atoms with Crippen LogP contribution in [0.25, 0.3) is 0 Å². The van der Waals surface area contributed by atoms with E-state index in [0.717, 1.165) is 12.2 Å². The van der Waals surface area contributed by atoms with E-state index < -0.39 is 12.0 Å². The minimum Gasteiger partial charge on any atom is -0.480 e. The monoisotopic (exact) mass is 235 g/mol. The lowest BCUT2D eigenvalue weighted by Gasteiger charge is -2.35. The van der Waals surface area contributed by atoms with Crippen LogP contribution in [0, 0.1) is 0 Å². The molecule has 1 aromatic heterocycles. The fourth-order valence-corrected chi connectivity index (χ4v) is 2.10. The number of piperazine rings is 1. The van der Waals surface area contributed by atoms with Gasteiger partial charge in [-0.2, -0.15) is 0 Å². The number of carbonyl (C=O) groups is 1. The molecule has 1 fully saturated rings. The first kappa shape index (κ1) is 12.0. The molecule has 0 bridgehead atoms. The molecule has 1 aliphatic rings. The molecule has 5 heteroatoms. The first-order chi connectivity index (χ1) is 8.18. The van der Waals surface area contributed by atoms with Gasteiger partial charge in [0.2, 0.25) is 0 Å². The average molecular weight is 235 g/mol. The molecular weight excluding hydrogens is 218 g/mol. The summed E-state index contributed by atoms with van der Waals surface area (Å²) in [4.78, 5) is 17.4. The molecule has 2 rings (SSSR count). The molecular formula is C12H17N3O2. The van der Waals surface area contributed by atoms with Crippen molar-refractivity contribution >= 4 is 5.97 Å². The Morgan fingerprint density at radius 1 is 1.65 bits per heavy atom. The van der Waals surface area contributed by atoms with Crippen molar-refractivity contribution < 1.29 is 9.90 Å². The largest absolute Gasteiger partial charge is 0.480 e. The second kappa shape index (κ2) is 5.25. The van der Waals surface area contributed by atoms with Gasteiger partial charge >= 0.3 is 5.97 Å². The molecule has 0 radical (unpaired) electrons. The average Bonchev–Trinajstić information content (AvgIpc) is 2.39. The maximum Gasteiger partial charge on any atom is 0.322 e. The van der Waals surface area contributed by atoms with Crippen molar-refractivity contribution in [3.8, 4) is 0 Å². The number of aliphatic carboxylic acids is 1. The number of nitrogens with zero attached hydrogens (tertiary/aromatic N) is 2. The third kappa shape index (κ3) is 2.81. The highest BCUT2D eigenvalue weighted by Crippen LogP contribution is 2.19. The molecule has 0 unspecified atom stereocenters. The highest BCUT2D eigenvalue weighted by Gasteiger charge is 2.28. The first-order valence-electron chi connectivity index (χ1n) is 5.79. The van der Waals surface area contributed by atoms with E-state index in [1.54, 1.807) is 6.20 Å². The number of nitrogens with one attached hydrogen (secondary N) is 1. The Morgan fingerprint density at radius 2 is 2.47 bits per heavy atom. The summed E-state index contributed by atoms with van der Waals surface area (Å²) in [5, 5.41) is 12.0. The van der Waals surface area contributed by atoms with Crippen LogP contribution in [0.4, 0.5) is 0 Å². The molecule has 1 aromatic rings. The van der Waals surface area contributed by atoms with Crippen LogP contribution >= 0.6 is 0 Å². The lowest BCUT2D eigenvalue weighted by atomic mass is 10.1. The molecule has 92 valence electrons. The van der Waals surface area contributed by atoms with E-state index in [2.05, 4.69) is 22.1 Å². The zero-order valence-corrected chi connectivity index (χ0v) is 9.84. The minimum absolute atomic E-state index is 0.153. The summed E-state index contributed by atoms with van der Waals surface area (Å²) in [6, 6.07) is 5.49. The van der Waals surface area contributed by atoms with Crippen molar-refractivity contribution in [3.63, 3.8) is 0 Å². The van der Waals surface area contributed by atoms with E-state index in [-0.39, 0.29) is 6.04 Å². The third-order valence-electron chi connectivity index (χ3n) is 3.17. The van der Waals surface area contributed by atoms with Crippen LogP contribution in [-0.4, -0.2) is 46.6 Å². The number of rotatable bonds is 3. The van der Waals surface area contributed by atoms with Gasteiger partial charge in [0.05, 0.1) is 5.69 Å². The normalized spacial score (nSPS) is 23.2. The molecule has 0 amide bonds. The molecule has 0 aromatic carbocycles. The quantitative estimate of drug-likeness (QED) is 0.798. The Kier molecular flexibility index (Phi) is 3.71. The summed E-state index contributed by atoms with van der Waals surface area (Å²) in [6.07, 6.45) is 1.77. The molecule has 0 saturated carbocycles. The number of aromatic nitrogens is 1. The number of pyridine rings is 1. The standard InChI is InChI=1S/C12H17N3O2/c1-9(10-4-2-3-5-13-10)15-7-6-14-11(8-15)12(16)17/h2-5,9,11,14H,6-8H2,1H3,(H,16,17)/t9-,11-/m0/s1. The Bertz CT molecular complexity index is 383. The van der Waals surface area contributed by atoms with E-state index in [4.69, 9.17) is 5.11 Å². The predicted molar refractivity (Wildman–Crippen MR) is 63.7 cm³/mol. The molecule has 2 heterocycles. The van der Waals surface area contributed by atoms with Crippen molar-refractivity contribution in [2.75, 3.05) is 19.6 Å². The highest BCUT2D eigenvalue weighted by molar-refractivity contribution is 5.73. The second-order valence-electron chi connectivity index (χ2n) is 4.27. The lowest BCUT2D eigenvalue weighted by Crippen LogP contribution is -2.54. The number of carboxylic acids is 1. The molecule has 17 heavy (non-hydrogen) atoms. The van der Waals surface area contributed by atoms with Gasteiger partial charge in [-0.25, -0.2) is 0 Å². The Labute approximate surface area is 100 Å². The molecule has 2 N–H and O–H groups in total. The summed E-state index contributed by atoms with van der Waals surface area (Å²) in [6.45, 7) is 4.13. The third-order valence-corrected chi connectivity index (χ3v) is 3.17. The van der Waals surface area contributed by atoms with Gasteiger partial charge in [0.15, 0.2) is 0 Å². The van der Waals surface area contributed by atoms with Crippen LogP contribution in [0.3, 0.4) is 0 Å². The molecule has 1 aliphatic heterocycles. The molecule has 0 spiro atoms. The van der Waals surface area contributed by atoms with Crippen molar-refractivity contribution in [2.45, 2.75) is 19.0 Å². The zero-order chi connectivity index (χ0) is 12.3. The summed E-state index contributed by atoms with van der Waals surface area (Å²) in [7, 11) is 0. The SMILES string of the molecule is C[C@@H](c1ccccn1)N1CCN[C@H](C(=O)O)C1. The molecule has 2 atom stereocenters. The lowest BCUT2D eigenvalue weighted by molar-refractivity contribution is -0.140. The number of hydrogen-bond donors (Lipinski definition) is 2. The fourth-order valence-electron chi connectivity index (χ4n) is 2.10. The van der Waals surface area contributed by atoms with E-state index in [0.29, 0.717) is 13.1 Å². The predicted octanol–water partition coefficient (Wildman–Crippen LogP) is 0.501. The highest BCUT2D eigenvalue weighted by atomic mass is 16.4. The maximum atomic E-state index is 11.0. The maximum absolute atomic E-state index is 11.0.